The first kappa shape index (κ1) is 12.2. The van der Waals surface area contributed by atoms with Crippen molar-refractivity contribution in [2.45, 2.75) is 25.9 Å². The van der Waals surface area contributed by atoms with Gasteiger partial charge in [0, 0.05) is 31.3 Å². The van der Waals surface area contributed by atoms with Crippen molar-refractivity contribution < 1.29 is 9.52 Å². The molecule has 0 bridgehead atoms. The second-order valence-corrected chi connectivity index (χ2v) is 4.92. The van der Waals surface area contributed by atoms with Crippen LogP contribution in [-0.4, -0.2) is 34.5 Å². The van der Waals surface area contributed by atoms with Gasteiger partial charge in [-0.05, 0) is 37.1 Å². The fourth-order valence-corrected chi connectivity index (χ4v) is 2.42. The predicted molar refractivity (Wildman–Crippen MR) is 71.9 cm³/mol. The number of rotatable bonds is 2. The van der Waals surface area contributed by atoms with Gasteiger partial charge in [-0.1, -0.05) is 0 Å². The summed E-state index contributed by atoms with van der Waals surface area (Å²) in [6.45, 7) is 3.48. The number of hydrogen-bond acceptors (Lipinski definition) is 5. The monoisotopic (exact) mass is 259 g/mol. The summed E-state index contributed by atoms with van der Waals surface area (Å²) in [7, 11) is 0. The molecular formula is C14H17N3O2. The van der Waals surface area contributed by atoms with Gasteiger partial charge in [-0.25, -0.2) is 0 Å². The number of aromatic nitrogens is 2. The van der Waals surface area contributed by atoms with E-state index in [-0.39, 0.29) is 6.10 Å². The topological polar surface area (TPSA) is 62.4 Å². The van der Waals surface area contributed by atoms with Crippen LogP contribution in [0.15, 0.2) is 28.7 Å². The molecule has 5 nitrogen and oxygen atoms in total. The lowest BCUT2D eigenvalue weighted by molar-refractivity contribution is 0.154. The molecule has 0 amide bonds. The van der Waals surface area contributed by atoms with E-state index in [9.17, 15) is 5.11 Å². The highest BCUT2D eigenvalue weighted by atomic mass is 16.4. The fourth-order valence-electron chi connectivity index (χ4n) is 2.42. The lowest BCUT2D eigenvalue weighted by Gasteiger charge is -2.32. The molecule has 1 unspecified atom stereocenters. The molecule has 1 aliphatic rings. The highest BCUT2D eigenvalue weighted by Crippen LogP contribution is 2.24. The summed E-state index contributed by atoms with van der Waals surface area (Å²) in [5.74, 6) is 1.11. The van der Waals surface area contributed by atoms with Crippen molar-refractivity contribution in [3.8, 4) is 11.5 Å². The number of aryl methyl sites for hydroxylation is 1. The maximum atomic E-state index is 9.70. The van der Waals surface area contributed by atoms with Crippen LogP contribution in [0.4, 0.5) is 5.69 Å². The van der Waals surface area contributed by atoms with E-state index in [1.165, 1.54) is 0 Å². The van der Waals surface area contributed by atoms with Crippen LogP contribution < -0.4 is 4.90 Å². The number of benzene rings is 1. The van der Waals surface area contributed by atoms with Crippen LogP contribution in [0.5, 0.6) is 0 Å². The van der Waals surface area contributed by atoms with E-state index < -0.39 is 0 Å². The van der Waals surface area contributed by atoms with Crippen molar-refractivity contribution in [2.75, 3.05) is 18.0 Å². The first-order chi connectivity index (χ1) is 9.22. The minimum absolute atomic E-state index is 0.216. The molecule has 1 saturated heterocycles. The molecular weight excluding hydrogens is 242 g/mol. The first-order valence-corrected chi connectivity index (χ1v) is 6.56. The van der Waals surface area contributed by atoms with E-state index in [2.05, 4.69) is 15.1 Å². The first-order valence-electron chi connectivity index (χ1n) is 6.56. The van der Waals surface area contributed by atoms with Gasteiger partial charge >= 0.3 is 0 Å². The van der Waals surface area contributed by atoms with Crippen molar-refractivity contribution in [1.29, 1.82) is 0 Å². The van der Waals surface area contributed by atoms with Gasteiger partial charge in [0.25, 0.3) is 0 Å². The number of β-amino-alcohol motifs (C(OH)–C–C–N with tert-alkyl or cyclic N) is 1. The van der Waals surface area contributed by atoms with Crippen LogP contribution >= 0.6 is 0 Å². The standard InChI is InChI=1S/C14H17N3O2/c1-10-15-16-14(19-10)11-4-6-12(7-5-11)17-8-2-3-13(18)9-17/h4-7,13,18H,2-3,8-9H2,1H3. The largest absolute Gasteiger partial charge is 0.421 e. The van der Waals surface area contributed by atoms with Gasteiger partial charge in [0.05, 0.1) is 6.10 Å². The summed E-state index contributed by atoms with van der Waals surface area (Å²) in [6, 6.07) is 8.02. The molecule has 100 valence electrons. The Hall–Kier alpha value is -1.88. The molecule has 1 N–H and O–H groups in total. The predicted octanol–water partition coefficient (Wildman–Crippen LogP) is 2.01. The van der Waals surface area contributed by atoms with Crippen LogP contribution in [0.1, 0.15) is 18.7 Å². The Morgan fingerprint density at radius 1 is 1.26 bits per heavy atom. The third-order valence-electron chi connectivity index (χ3n) is 3.40. The van der Waals surface area contributed by atoms with Crippen LogP contribution in [0.3, 0.4) is 0 Å². The molecule has 1 aliphatic heterocycles. The molecule has 5 heteroatoms. The number of anilines is 1. The molecule has 1 aromatic carbocycles. The van der Waals surface area contributed by atoms with Crippen molar-refractivity contribution in [3.63, 3.8) is 0 Å². The molecule has 0 radical (unpaired) electrons. The van der Waals surface area contributed by atoms with E-state index in [4.69, 9.17) is 4.42 Å². The summed E-state index contributed by atoms with van der Waals surface area (Å²) in [5.41, 5.74) is 2.04. The molecule has 0 aliphatic carbocycles. The minimum Gasteiger partial charge on any atom is -0.421 e. The number of piperidine rings is 1. The molecule has 1 fully saturated rings. The average molecular weight is 259 g/mol. The second-order valence-electron chi connectivity index (χ2n) is 4.92. The van der Waals surface area contributed by atoms with Gasteiger partial charge in [0.1, 0.15) is 0 Å². The van der Waals surface area contributed by atoms with Crippen LogP contribution in [-0.2, 0) is 0 Å². The number of aliphatic hydroxyl groups excluding tert-OH is 1. The van der Waals surface area contributed by atoms with Gasteiger partial charge in [-0.3, -0.25) is 0 Å². The Morgan fingerprint density at radius 2 is 2.05 bits per heavy atom. The van der Waals surface area contributed by atoms with Crippen molar-refractivity contribution >= 4 is 5.69 Å². The Kier molecular flexibility index (Phi) is 3.21. The third kappa shape index (κ3) is 2.61. The van der Waals surface area contributed by atoms with Gasteiger partial charge in [0.2, 0.25) is 11.8 Å². The molecule has 3 rings (SSSR count). The van der Waals surface area contributed by atoms with E-state index in [1.54, 1.807) is 6.92 Å². The molecule has 2 heterocycles. The third-order valence-corrected chi connectivity index (χ3v) is 3.40. The zero-order valence-electron chi connectivity index (χ0n) is 10.9. The minimum atomic E-state index is -0.216. The van der Waals surface area contributed by atoms with E-state index in [1.807, 2.05) is 24.3 Å². The average Bonchev–Trinajstić information content (AvgIpc) is 2.86. The molecule has 2 aromatic rings. The smallest absolute Gasteiger partial charge is 0.247 e. The summed E-state index contributed by atoms with van der Waals surface area (Å²) in [6.07, 6.45) is 1.72. The van der Waals surface area contributed by atoms with Crippen LogP contribution in [0.2, 0.25) is 0 Å². The summed E-state index contributed by atoms with van der Waals surface area (Å²) < 4.78 is 5.40. The maximum Gasteiger partial charge on any atom is 0.247 e. The number of hydrogen-bond donors (Lipinski definition) is 1. The van der Waals surface area contributed by atoms with Crippen molar-refractivity contribution in [1.82, 2.24) is 10.2 Å². The molecule has 19 heavy (non-hydrogen) atoms. The zero-order chi connectivity index (χ0) is 13.2. The van der Waals surface area contributed by atoms with Crippen LogP contribution in [0.25, 0.3) is 11.5 Å². The van der Waals surface area contributed by atoms with E-state index in [0.29, 0.717) is 18.3 Å². The Bertz CT molecular complexity index is 550. The highest BCUT2D eigenvalue weighted by molar-refractivity contribution is 5.59. The summed E-state index contributed by atoms with van der Waals surface area (Å²) in [4.78, 5) is 2.21. The fraction of sp³-hybridized carbons (Fsp3) is 0.429. The Morgan fingerprint density at radius 3 is 2.68 bits per heavy atom. The van der Waals surface area contributed by atoms with Gasteiger partial charge < -0.3 is 14.4 Å². The highest BCUT2D eigenvalue weighted by Gasteiger charge is 2.18. The SMILES string of the molecule is Cc1nnc(-c2ccc(N3CCCC(O)C3)cc2)o1. The second kappa shape index (κ2) is 5.01. The molecule has 1 atom stereocenters. The van der Waals surface area contributed by atoms with E-state index in [0.717, 1.165) is 30.6 Å². The molecule has 1 aromatic heterocycles. The normalized spacial score (nSPS) is 19.7. The Balaban J connectivity index is 1.78. The molecule has 0 saturated carbocycles. The lowest BCUT2D eigenvalue weighted by Crippen LogP contribution is -2.38. The molecule has 0 spiro atoms. The lowest BCUT2D eigenvalue weighted by atomic mass is 10.1. The quantitative estimate of drug-likeness (QED) is 0.893. The van der Waals surface area contributed by atoms with E-state index >= 15 is 0 Å². The maximum absolute atomic E-state index is 9.70. The van der Waals surface area contributed by atoms with Crippen molar-refractivity contribution in [2.24, 2.45) is 0 Å². The van der Waals surface area contributed by atoms with Crippen LogP contribution in [0, 0.1) is 6.92 Å². The number of aliphatic hydroxyl groups is 1. The zero-order valence-corrected chi connectivity index (χ0v) is 10.9. The summed E-state index contributed by atoms with van der Waals surface area (Å²) in [5, 5.41) is 17.5. The van der Waals surface area contributed by atoms with Crippen molar-refractivity contribution in [3.05, 3.63) is 30.2 Å². The van der Waals surface area contributed by atoms with Gasteiger partial charge in [-0.2, -0.15) is 0 Å². The van der Waals surface area contributed by atoms with Gasteiger partial charge in [0.15, 0.2) is 0 Å². The number of nitrogens with zero attached hydrogens (tertiary/aromatic N) is 3. The Labute approximate surface area is 111 Å². The summed E-state index contributed by atoms with van der Waals surface area (Å²) >= 11 is 0. The van der Waals surface area contributed by atoms with Gasteiger partial charge in [-0.15, -0.1) is 10.2 Å².